The molecule has 0 heterocycles. The van der Waals surface area contributed by atoms with Crippen molar-refractivity contribution >= 4 is 10.0 Å². The van der Waals surface area contributed by atoms with Crippen molar-refractivity contribution < 1.29 is 21.6 Å². The summed E-state index contributed by atoms with van der Waals surface area (Å²) in [4.78, 5) is -0.395. The van der Waals surface area contributed by atoms with Gasteiger partial charge < -0.3 is 0 Å². The van der Waals surface area contributed by atoms with E-state index in [1.807, 2.05) is 20.8 Å². The van der Waals surface area contributed by atoms with Gasteiger partial charge in [-0.25, -0.2) is 13.1 Å². The average molecular weight is 361 g/mol. The first kappa shape index (κ1) is 20.4. The van der Waals surface area contributed by atoms with Gasteiger partial charge in [0.1, 0.15) is 0 Å². The van der Waals surface area contributed by atoms with Crippen LogP contribution >= 0.6 is 0 Å². The molecular weight excluding hydrogens is 339 g/mol. The second-order valence-electron chi connectivity index (χ2n) is 5.75. The Bertz CT molecular complexity index is 716. The average Bonchev–Trinajstić information content (AvgIpc) is 2.46. The van der Waals surface area contributed by atoms with E-state index in [-0.39, 0.29) is 6.54 Å². The zero-order valence-corrected chi connectivity index (χ0v) is 14.8. The first-order chi connectivity index (χ1) is 11.0. The second kappa shape index (κ2) is 8.48. The monoisotopic (exact) mass is 361 g/mol. The lowest BCUT2D eigenvalue weighted by Crippen LogP contribution is -2.24. The minimum absolute atomic E-state index is 0.0409. The van der Waals surface area contributed by atoms with Crippen LogP contribution in [0.15, 0.2) is 52.5 Å². The molecule has 0 saturated heterocycles. The van der Waals surface area contributed by atoms with Crippen LogP contribution in [0.4, 0.5) is 13.2 Å². The third-order valence-electron chi connectivity index (χ3n) is 3.29. The Morgan fingerprint density at radius 1 is 1.17 bits per heavy atom. The van der Waals surface area contributed by atoms with Crippen LogP contribution in [-0.2, 0) is 16.2 Å². The van der Waals surface area contributed by atoms with Crippen LogP contribution in [0.2, 0.25) is 0 Å². The van der Waals surface area contributed by atoms with E-state index in [0.29, 0.717) is 6.07 Å². The summed E-state index contributed by atoms with van der Waals surface area (Å²) in [6, 6.07) is 3.70. The number of hydrogen-bond donors (Lipinski definition) is 1. The summed E-state index contributed by atoms with van der Waals surface area (Å²) < 4.78 is 64.4. The maximum atomic E-state index is 12.7. The summed E-state index contributed by atoms with van der Waals surface area (Å²) in [5, 5.41) is 0. The van der Waals surface area contributed by atoms with E-state index in [9.17, 15) is 21.6 Å². The van der Waals surface area contributed by atoms with Crippen molar-refractivity contribution in [3.63, 3.8) is 0 Å². The highest BCUT2D eigenvalue weighted by molar-refractivity contribution is 7.89. The number of halogens is 3. The molecule has 0 aliphatic rings. The molecule has 1 aromatic carbocycles. The largest absolute Gasteiger partial charge is 0.416 e. The second-order valence-corrected chi connectivity index (χ2v) is 7.52. The van der Waals surface area contributed by atoms with Crippen LogP contribution in [0.5, 0.6) is 0 Å². The molecule has 1 aromatic rings. The van der Waals surface area contributed by atoms with Gasteiger partial charge in [0.05, 0.1) is 10.5 Å². The van der Waals surface area contributed by atoms with Gasteiger partial charge in [-0.15, -0.1) is 0 Å². The van der Waals surface area contributed by atoms with Crippen molar-refractivity contribution in [2.45, 2.75) is 44.7 Å². The normalized spacial score (nSPS) is 13.0. The molecule has 0 radical (unpaired) electrons. The minimum Gasteiger partial charge on any atom is -0.207 e. The topological polar surface area (TPSA) is 46.2 Å². The maximum Gasteiger partial charge on any atom is 0.416 e. The van der Waals surface area contributed by atoms with Crippen LogP contribution in [0.1, 0.15) is 39.2 Å². The molecule has 0 amide bonds. The molecule has 0 spiro atoms. The van der Waals surface area contributed by atoms with Crippen molar-refractivity contribution in [3.05, 3.63) is 53.1 Å². The van der Waals surface area contributed by atoms with Gasteiger partial charge in [0.2, 0.25) is 10.0 Å². The molecule has 1 rings (SSSR count). The number of allylic oxidation sites excluding steroid dienone is 3. The number of sulfonamides is 1. The van der Waals surface area contributed by atoms with Crippen LogP contribution in [-0.4, -0.2) is 15.0 Å². The van der Waals surface area contributed by atoms with E-state index in [1.54, 1.807) is 6.08 Å². The van der Waals surface area contributed by atoms with Gasteiger partial charge in [0, 0.05) is 6.54 Å². The SMILES string of the molecule is CC(C)=CCC/C(C)=C/CNS(=O)(=O)c1cccc(C(F)(F)F)c1. The standard InChI is InChI=1S/C17H22F3NO2S/c1-13(2)6-4-7-14(3)10-11-21-24(22,23)16-9-5-8-15(12-16)17(18,19)20/h5-6,8-10,12,21H,4,7,11H2,1-3H3/b14-10+. The lowest BCUT2D eigenvalue weighted by Gasteiger charge is -2.09. The Hall–Kier alpha value is -1.60. The maximum absolute atomic E-state index is 12.7. The van der Waals surface area contributed by atoms with Crippen molar-refractivity contribution in [1.29, 1.82) is 0 Å². The third-order valence-corrected chi connectivity index (χ3v) is 4.71. The molecule has 0 fully saturated rings. The van der Waals surface area contributed by atoms with Gasteiger partial charge in [0.15, 0.2) is 0 Å². The Labute approximate surface area is 141 Å². The summed E-state index contributed by atoms with van der Waals surface area (Å²) in [6.07, 6.45) is 0.905. The lowest BCUT2D eigenvalue weighted by atomic mass is 10.1. The fraction of sp³-hybridized carbons (Fsp3) is 0.412. The third kappa shape index (κ3) is 6.88. The molecule has 0 unspecified atom stereocenters. The predicted octanol–water partition coefficient (Wildman–Crippen LogP) is 4.68. The van der Waals surface area contributed by atoms with Crippen LogP contribution in [0, 0.1) is 0 Å². The van der Waals surface area contributed by atoms with Crippen molar-refractivity contribution in [3.8, 4) is 0 Å². The molecule has 0 atom stereocenters. The van der Waals surface area contributed by atoms with Gasteiger partial charge in [0.25, 0.3) is 0 Å². The highest BCUT2D eigenvalue weighted by Gasteiger charge is 2.31. The number of nitrogens with one attached hydrogen (secondary N) is 1. The molecule has 0 aromatic heterocycles. The molecular formula is C17H22F3NO2S. The summed E-state index contributed by atoms with van der Waals surface area (Å²) >= 11 is 0. The van der Waals surface area contributed by atoms with E-state index in [4.69, 9.17) is 0 Å². The smallest absolute Gasteiger partial charge is 0.207 e. The van der Waals surface area contributed by atoms with E-state index in [1.165, 1.54) is 5.57 Å². The van der Waals surface area contributed by atoms with E-state index < -0.39 is 26.7 Å². The molecule has 1 N–H and O–H groups in total. The molecule has 0 bridgehead atoms. The van der Waals surface area contributed by atoms with Gasteiger partial charge in [-0.1, -0.05) is 29.4 Å². The quantitative estimate of drug-likeness (QED) is 0.717. The van der Waals surface area contributed by atoms with Crippen LogP contribution < -0.4 is 4.72 Å². The number of benzene rings is 1. The summed E-state index contributed by atoms with van der Waals surface area (Å²) in [7, 11) is -3.98. The fourth-order valence-corrected chi connectivity index (χ4v) is 2.95. The highest BCUT2D eigenvalue weighted by Crippen LogP contribution is 2.30. The Kier molecular flexibility index (Phi) is 7.23. The predicted molar refractivity (Wildman–Crippen MR) is 89.1 cm³/mol. The highest BCUT2D eigenvalue weighted by atomic mass is 32.2. The zero-order valence-electron chi connectivity index (χ0n) is 13.9. The van der Waals surface area contributed by atoms with E-state index >= 15 is 0 Å². The van der Waals surface area contributed by atoms with Crippen LogP contribution in [0.25, 0.3) is 0 Å². The van der Waals surface area contributed by atoms with Gasteiger partial charge in [-0.3, -0.25) is 0 Å². The molecule has 0 aliphatic carbocycles. The Morgan fingerprint density at radius 3 is 2.42 bits per heavy atom. The van der Waals surface area contributed by atoms with Gasteiger partial charge in [-0.2, -0.15) is 13.2 Å². The lowest BCUT2D eigenvalue weighted by molar-refractivity contribution is -0.137. The number of rotatable bonds is 7. The molecule has 24 heavy (non-hydrogen) atoms. The van der Waals surface area contributed by atoms with Crippen molar-refractivity contribution in [1.82, 2.24) is 4.72 Å². The number of alkyl halides is 3. The minimum atomic E-state index is -4.58. The first-order valence-electron chi connectivity index (χ1n) is 7.48. The van der Waals surface area contributed by atoms with E-state index in [0.717, 1.165) is 36.6 Å². The van der Waals surface area contributed by atoms with E-state index in [2.05, 4.69) is 10.8 Å². The first-order valence-corrected chi connectivity index (χ1v) is 8.96. The van der Waals surface area contributed by atoms with Crippen molar-refractivity contribution in [2.24, 2.45) is 0 Å². The molecule has 0 aliphatic heterocycles. The Balaban J connectivity index is 2.72. The number of hydrogen-bond acceptors (Lipinski definition) is 2. The van der Waals surface area contributed by atoms with Crippen molar-refractivity contribution in [2.75, 3.05) is 6.54 Å². The van der Waals surface area contributed by atoms with Gasteiger partial charge >= 0.3 is 6.18 Å². The molecule has 3 nitrogen and oxygen atoms in total. The molecule has 134 valence electrons. The van der Waals surface area contributed by atoms with Crippen LogP contribution in [0.3, 0.4) is 0 Å². The Morgan fingerprint density at radius 2 is 1.83 bits per heavy atom. The van der Waals surface area contributed by atoms with Gasteiger partial charge in [-0.05, 0) is 51.8 Å². The zero-order chi connectivity index (χ0) is 18.4. The molecule has 7 heteroatoms. The molecule has 0 saturated carbocycles. The fourth-order valence-electron chi connectivity index (χ4n) is 1.94. The summed E-state index contributed by atoms with van der Waals surface area (Å²) in [6.45, 7) is 5.93. The summed E-state index contributed by atoms with van der Waals surface area (Å²) in [5.74, 6) is 0. The summed E-state index contributed by atoms with van der Waals surface area (Å²) in [5.41, 5.74) is 1.24.